The summed E-state index contributed by atoms with van der Waals surface area (Å²) >= 11 is 0. The topological polar surface area (TPSA) is 58.6 Å². The van der Waals surface area contributed by atoms with Crippen molar-refractivity contribution in [3.63, 3.8) is 0 Å². The molecule has 1 saturated heterocycles. The van der Waals surface area contributed by atoms with Crippen molar-refractivity contribution in [3.05, 3.63) is 24.3 Å². The molecule has 1 aromatic carbocycles. The zero-order chi connectivity index (χ0) is 15.3. The Morgan fingerprint density at radius 2 is 2.05 bits per heavy atom. The number of nitrogens with one attached hydrogen (secondary N) is 1. The fourth-order valence-corrected chi connectivity index (χ4v) is 3.55. The average molecular weight is 312 g/mol. The second kappa shape index (κ2) is 7.24. The Balaban J connectivity index is 1.92. The van der Waals surface area contributed by atoms with E-state index in [1.54, 1.807) is 24.3 Å². The van der Waals surface area contributed by atoms with Gasteiger partial charge >= 0.3 is 0 Å². The molecule has 0 radical (unpaired) electrons. The third kappa shape index (κ3) is 4.69. The number of nitrogens with zero attached hydrogens (tertiary/aromatic N) is 1. The van der Waals surface area contributed by atoms with Gasteiger partial charge in [0.25, 0.3) is 0 Å². The molecule has 1 aliphatic rings. The molecule has 2 rings (SSSR count). The van der Waals surface area contributed by atoms with Crippen LogP contribution >= 0.6 is 0 Å². The first kappa shape index (κ1) is 16.3. The van der Waals surface area contributed by atoms with Crippen LogP contribution in [0.4, 0.5) is 0 Å². The van der Waals surface area contributed by atoms with Crippen LogP contribution in [0.15, 0.2) is 29.2 Å². The maximum atomic E-state index is 12.2. The van der Waals surface area contributed by atoms with Crippen molar-refractivity contribution in [2.45, 2.75) is 24.7 Å². The molecule has 0 aromatic heterocycles. The summed E-state index contributed by atoms with van der Waals surface area (Å²) in [6.07, 6.45) is 1.97. The van der Waals surface area contributed by atoms with E-state index in [1.165, 1.54) is 0 Å². The van der Waals surface area contributed by atoms with Crippen molar-refractivity contribution in [2.75, 3.05) is 33.3 Å². The Morgan fingerprint density at radius 1 is 1.33 bits per heavy atom. The largest absolute Gasteiger partial charge is 0.494 e. The lowest BCUT2D eigenvalue weighted by molar-refractivity contribution is 0.317. The predicted octanol–water partition coefficient (Wildman–Crippen LogP) is 1.71. The quantitative estimate of drug-likeness (QED) is 0.832. The first-order valence-corrected chi connectivity index (χ1v) is 8.90. The molecule has 0 saturated carbocycles. The lowest BCUT2D eigenvalue weighted by atomic mass is 10.1. The van der Waals surface area contributed by atoms with Crippen LogP contribution in [0.1, 0.15) is 19.8 Å². The van der Waals surface area contributed by atoms with Crippen LogP contribution in [-0.4, -0.2) is 46.6 Å². The number of rotatable bonds is 7. The fraction of sp³-hybridized carbons (Fsp3) is 0.600. The zero-order valence-corrected chi connectivity index (χ0v) is 13.5. The van der Waals surface area contributed by atoms with Crippen LogP contribution in [-0.2, 0) is 10.0 Å². The Labute approximate surface area is 127 Å². The van der Waals surface area contributed by atoms with Gasteiger partial charge < -0.3 is 9.64 Å². The van der Waals surface area contributed by atoms with Crippen molar-refractivity contribution in [3.8, 4) is 5.75 Å². The SMILES string of the molecule is CCCOc1ccc(S(=O)(=O)NCC2CCN(C)C2)cc1. The normalized spacial score (nSPS) is 19.8. The predicted molar refractivity (Wildman–Crippen MR) is 83.0 cm³/mol. The Morgan fingerprint density at radius 3 is 2.62 bits per heavy atom. The molecule has 0 amide bonds. The van der Waals surface area contributed by atoms with Crippen LogP contribution in [0.25, 0.3) is 0 Å². The summed E-state index contributed by atoms with van der Waals surface area (Å²) in [6, 6.07) is 6.59. The highest BCUT2D eigenvalue weighted by atomic mass is 32.2. The second-order valence-corrected chi connectivity index (χ2v) is 7.36. The molecular formula is C15H24N2O3S. The van der Waals surface area contributed by atoms with E-state index in [4.69, 9.17) is 4.74 Å². The molecule has 1 fully saturated rings. The van der Waals surface area contributed by atoms with Crippen LogP contribution < -0.4 is 9.46 Å². The van der Waals surface area contributed by atoms with E-state index >= 15 is 0 Å². The number of hydrogen-bond donors (Lipinski definition) is 1. The fourth-order valence-electron chi connectivity index (χ4n) is 2.44. The average Bonchev–Trinajstić information content (AvgIpc) is 2.89. The molecular weight excluding hydrogens is 288 g/mol. The van der Waals surface area contributed by atoms with E-state index in [9.17, 15) is 8.42 Å². The summed E-state index contributed by atoms with van der Waals surface area (Å²) in [7, 11) is -1.37. The first-order valence-electron chi connectivity index (χ1n) is 7.42. The molecule has 5 nitrogen and oxygen atoms in total. The van der Waals surface area contributed by atoms with E-state index in [2.05, 4.69) is 16.7 Å². The standard InChI is InChI=1S/C15H24N2O3S/c1-3-10-20-14-4-6-15(7-5-14)21(18,19)16-11-13-8-9-17(2)12-13/h4-7,13,16H,3,8-12H2,1-2H3. The van der Waals surface area contributed by atoms with Gasteiger partial charge in [0.15, 0.2) is 0 Å². The van der Waals surface area contributed by atoms with Crippen LogP contribution in [0.3, 0.4) is 0 Å². The molecule has 1 unspecified atom stereocenters. The van der Waals surface area contributed by atoms with E-state index in [0.717, 1.165) is 25.9 Å². The Hall–Kier alpha value is -1.11. The minimum Gasteiger partial charge on any atom is -0.494 e. The minimum atomic E-state index is -3.43. The highest BCUT2D eigenvalue weighted by Gasteiger charge is 2.22. The summed E-state index contributed by atoms with van der Waals surface area (Å²) in [6.45, 7) is 5.16. The number of likely N-dealkylation sites (tertiary alicyclic amines) is 1. The Bertz CT molecular complexity index is 543. The van der Waals surface area contributed by atoms with Crippen LogP contribution in [0, 0.1) is 5.92 Å². The van der Waals surface area contributed by atoms with E-state index in [-0.39, 0.29) is 4.90 Å². The zero-order valence-electron chi connectivity index (χ0n) is 12.7. The molecule has 21 heavy (non-hydrogen) atoms. The van der Waals surface area contributed by atoms with Gasteiger partial charge in [-0.15, -0.1) is 0 Å². The number of ether oxygens (including phenoxy) is 1. The monoisotopic (exact) mass is 312 g/mol. The van der Waals surface area contributed by atoms with Gasteiger partial charge in [-0.3, -0.25) is 0 Å². The second-order valence-electron chi connectivity index (χ2n) is 5.59. The van der Waals surface area contributed by atoms with Crippen molar-refractivity contribution in [1.82, 2.24) is 9.62 Å². The molecule has 1 aromatic rings. The number of benzene rings is 1. The maximum Gasteiger partial charge on any atom is 0.240 e. The molecule has 1 heterocycles. The molecule has 0 bridgehead atoms. The number of hydrogen-bond acceptors (Lipinski definition) is 4. The van der Waals surface area contributed by atoms with E-state index < -0.39 is 10.0 Å². The number of sulfonamides is 1. The van der Waals surface area contributed by atoms with E-state index in [1.807, 2.05) is 6.92 Å². The maximum absolute atomic E-state index is 12.2. The molecule has 1 N–H and O–H groups in total. The van der Waals surface area contributed by atoms with Gasteiger partial charge in [-0.2, -0.15) is 0 Å². The van der Waals surface area contributed by atoms with Gasteiger partial charge in [-0.1, -0.05) is 6.92 Å². The van der Waals surface area contributed by atoms with Gasteiger partial charge in [-0.05, 0) is 56.6 Å². The lowest BCUT2D eigenvalue weighted by Gasteiger charge is -2.12. The van der Waals surface area contributed by atoms with Gasteiger partial charge in [-0.25, -0.2) is 13.1 Å². The highest BCUT2D eigenvalue weighted by molar-refractivity contribution is 7.89. The molecule has 118 valence electrons. The first-order chi connectivity index (χ1) is 10.0. The van der Waals surface area contributed by atoms with Gasteiger partial charge in [0.2, 0.25) is 10.0 Å². The molecule has 1 aliphatic heterocycles. The third-order valence-corrected chi connectivity index (χ3v) is 5.10. The van der Waals surface area contributed by atoms with Crippen molar-refractivity contribution >= 4 is 10.0 Å². The van der Waals surface area contributed by atoms with Crippen molar-refractivity contribution < 1.29 is 13.2 Å². The van der Waals surface area contributed by atoms with E-state index in [0.29, 0.717) is 24.8 Å². The van der Waals surface area contributed by atoms with Crippen LogP contribution in [0.5, 0.6) is 5.75 Å². The summed E-state index contributed by atoms with van der Waals surface area (Å²) in [5, 5.41) is 0. The van der Waals surface area contributed by atoms with Gasteiger partial charge in [0.05, 0.1) is 11.5 Å². The molecule has 1 atom stereocenters. The lowest BCUT2D eigenvalue weighted by Crippen LogP contribution is -2.30. The summed E-state index contributed by atoms with van der Waals surface area (Å²) in [5.74, 6) is 1.10. The van der Waals surface area contributed by atoms with Gasteiger partial charge in [0, 0.05) is 13.1 Å². The molecule has 0 aliphatic carbocycles. The summed E-state index contributed by atoms with van der Waals surface area (Å²) in [5.41, 5.74) is 0. The smallest absolute Gasteiger partial charge is 0.240 e. The van der Waals surface area contributed by atoms with Crippen LogP contribution in [0.2, 0.25) is 0 Å². The minimum absolute atomic E-state index is 0.290. The Kier molecular flexibility index (Phi) is 5.61. The van der Waals surface area contributed by atoms with Crippen molar-refractivity contribution in [1.29, 1.82) is 0 Å². The molecule has 0 spiro atoms. The highest BCUT2D eigenvalue weighted by Crippen LogP contribution is 2.17. The summed E-state index contributed by atoms with van der Waals surface area (Å²) in [4.78, 5) is 2.51. The third-order valence-electron chi connectivity index (χ3n) is 3.66. The van der Waals surface area contributed by atoms with Crippen molar-refractivity contribution in [2.24, 2.45) is 5.92 Å². The molecule has 6 heteroatoms. The summed E-state index contributed by atoms with van der Waals surface area (Å²) < 4.78 is 32.6. The van der Waals surface area contributed by atoms with Gasteiger partial charge in [0.1, 0.15) is 5.75 Å².